The lowest BCUT2D eigenvalue weighted by molar-refractivity contribution is -0.862. The highest BCUT2D eigenvalue weighted by atomic mass is 16.5. The largest absolute Gasteiger partial charge is 0.378 e. The Balaban J connectivity index is 1.43. The van der Waals surface area contributed by atoms with Gasteiger partial charge >= 0.3 is 0 Å². The van der Waals surface area contributed by atoms with E-state index in [0.717, 1.165) is 55.4 Å². The molecule has 0 bridgehead atoms. The van der Waals surface area contributed by atoms with E-state index < -0.39 is 5.54 Å². The van der Waals surface area contributed by atoms with Gasteiger partial charge in [0.15, 0.2) is 13.1 Å². The van der Waals surface area contributed by atoms with Crippen LogP contribution >= 0.6 is 0 Å². The maximum atomic E-state index is 12.3. The lowest BCUT2D eigenvalue weighted by atomic mass is 10.00. The molecule has 0 aromatic heterocycles. The molecule has 2 fully saturated rings. The van der Waals surface area contributed by atoms with Crippen LogP contribution in [0.15, 0.2) is 24.3 Å². The fourth-order valence-electron chi connectivity index (χ4n) is 3.95. The number of nitriles is 1. The zero-order valence-corrected chi connectivity index (χ0v) is 17.0. The van der Waals surface area contributed by atoms with Crippen molar-refractivity contribution in [1.82, 2.24) is 5.32 Å². The molecule has 1 saturated heterocycles. The van der Waals surface area contributed by atoms with Crippen molar-refractivity contribution >= 4 is 23.2 Å². The fourth-order valence-corrected chi connectivity index (χ4v) is 3.95. The van der Waals surface area contributed by atoms with Gasteiger partial charge in [0, 0.05) is 24.5 Å². The number of ether oxygens (including phenoxy) is 1. The molecule has 1 heterocycles. The van der Waals surface area contributed by atoms with Gasteiger partial charge in [-0.1, -0.05) is 0 Å². The van der Waals surface area contributed by atoms with E-state index in [-0.39, 0.29) is 24.9 Å². The number of anilines is 2. The van der Waals surface area contributed by atoms with E-state index in [0.29, 0.717) is 12.8 Å². The van der Waals surface area contributed by atoms with Gasteiger partial charge in [0.1, 0.15) is 5.54 Å². The van der Waals surface area contributed by atoms with Crippen molar-refractivity contribution in [3.05, 3.63) is 24.3 Å². The van der Waals surface area contributed by atoms with Gasteiger partial charge in [-0.15, -0.1) is 0 Å². The molecule has 3 rings (SSSR count). The number of carbonyl (C=O) groups excluding carboxylic acids is 2. The van der Waals surface area contributed by atoms with Crippen LogP contribution in [0.25, 0.3) is 0 Å². The summed E-state index contributed by atoms with van der Waals surface area (Å²) in [5.74, 6) is -0.334. The molecule has 2 amide bonds. The van der Waals surface area contributed by atoms with Gasteiger partial charge < -0.3 is 25.2 Å². The SMILES string of the molecule is C[NH+](CC(=O)Nc1ccc(N2CCOCC2)cc1)CC(=O)NC1(C#N)CCCC1. The fraction of sp³-hybridized carbons (Fsp3) is 0.571. The molecular weight excluding hydrogens is 370 g/mol. The zero-order chi connectivity index (χ0) is 20.7. The van der Waals surface area contributed by atoms with Gasteiger partial charge in [0.05, 0.1) is 26.3 Å². The standard InChI is InChI=1S/C21H29N5O3/c1-25(15-20(28)24-21(16-22)8-2-3-9-21)14-19(27)23-17-4-6-18(7-5-17)26-10-12-29-13-11-26/h4-7H,2-3,8-15H2,1H3,(H,23,27)(H,24,28)/p+1. The number of rotatable bonds is 7. The number of benzene rings is 1. The molecule has 1 unspecified atom stereocenters. The number of carbonyl (C=O) groups is 2. The smallest absolute Gasteiger partial charge is 0.279 e. The summed E-state index contributed by atoms with van der Waals surface area (Å²) in [4.78, 5) is 27.6. The van der Waals surface area contributed by atoms with Crippen LogP contribution in [0, 0.1) is 11.3 Å². The van der Waals surface area contributed by atoms with Crippen molar-refractivity contribution in [2.75, 3.05) is 56.7 Å². The van der Waals surface area contributed by atoms with Crippen molar-refractivity contribution in [3.8, 4) is 6.07 Å². The first-order valence-electron chi connectivity index (χ1n) is 10.3. The molecule has 0 radical (unpaired) electrons. The molecule has 1 aromatic rings. The Morgan fingerprint density at radius 3 is 2.38 bits per heavy atom. The Morgan fingerprint density at radius 1 is 1.14 bits per heavy atom. The maximum Gasteiger partial charge on any atom is 0.279 e. The summed E-state index contributed by atoms with van der Waals surface area (Å²) in [6.45, 7) is 3.54. The van der Waals surface area contributed by atoms with Crippen LogP contribution in [0.2, 0.25) is 0 Å². The Hall–Kier alpha value is -2.63. The summed E-state index contributed by atoms with van der Waals surface area (Å²) >= 11 is 0. The Morgan fingerprint density at radius 2 is 1.76 bits per heavy atom. The molecule has 1 atom stereocenters. The molecule has 1 aliphatic carbocycles. The maximum absolute atomic E-state index is 12.3. The van der Waals surface area contributed by atoms with E-state index in [1.165, 1.54) is 0 Å². The minimum absolute atomic E-state index is 0.148. The third-order valence-electron chi connectivity index (χ3n) is 5.50. The average Bonchev–Trinajstić information content (AvgIpc) is 3.17. The predicted octanol–water partition coefficient (Wildman–Crippen LogP) is -0.0710. The molecule has 156 valence electrons. The summed E-state index contributed by atoms with van der Waals surface area (Å²) in [7, 11) is 1.80. The first-order valence-corrected chi connectivity index (χ1v) is 10.3. The Kier molecular flexibility index (Phi) is 7.07. The van der Waals surface area contributed by atoms with Crippen molar-refractivity contribution in [2.24, 2.45) is 0 Å². The van der Waals surface area contributed by atoms with E-state index in [4.69, 9.17) is 4.74 Å². The van der Waals surface area contributed by atoms with E-state index in [1.807, 2.05) is 24.3 Å². The molecule has 8 nitrogen and oxygen atoms in total. The van der Waals surface area contributed by atoms with E-state index in [9.17, 15) is 14.9 Å². The van der Waals surface area contributed by atoms with Gasteiger partial charge in [-0.2, -0.15) is 5.26 Å². The third-order valence-corrected chi connectivity index (χ3v) is 5.50. The van der Waals surface area contributed by atoms with Crippen molar-refractivity contribution in [3.63, 3.8) is 0 Å². The molecule has 8 heteroatoms. The second-order valence-corrected chi connectivity index (χ2v) is 7.95. The first kappa shape index (κ1) is 21.1. The van der Waals surface area contributed by atoms with Crippen LogP contribution in [0.1, 0.15) is 25.7 Å². The summed E-state index contributed by atoms with van der Waals surface area (Å²) in [6.07, 6.45) is 3.33. The van der Waals surface area contributed by atoms with Gasteiger partial charge in [-0.05, 0) is 49.9 Å². The summed E-state index contributed by atoms with van der Waals surface area (Å²) in [5.41, 5.74) is 1.13. The highest BCUT2D eigenvalue weighted by Crippen LogP contribution is 2.28. The van der Waals surface area contributed by atoms with Crippen LogP contribution in [0.4, 0.5) is 11.4 Å². The van der Waals surface area contributed by atoms with Crippen LogP contribution in [-0.2, 0) is 14.3 Å². The highest BCUT2D eigenvalue weighted by molar-refractivity contribution is 5.91. The molecule has 0 spiro atoms. The molecule has 1 aromatic carbocycles. The zero-order valence-electron chi connectivity index (χ0n) is 17.0. The molecule has 29 heavy (non-hydrogen) atoms. The number of morpholine rings is 1. The number of nitrogens with one attached hydrogen (secondary N) is 3. The lowest BCUT2D eigenvalue weighted by Crippen LogP contribution is -3.11. The summed E-state index contributed by atoms with van der Waals surface area (Å²) < 4.78 is 5.37. The second kappa shape index (κ2) is 9.72. The van der Waals surface area contributed by atoms with Gasteiger partial charge in [0.25, 0.3) is 11.8 Å². The monoisotopic (exact) mass is 400 g/mol. The molecule has 1 saturated carbocycles. The third kappa shape index (κ3) is 5.92. The second-order valence-electron chi connectivity index (χ2n) is 7.95. The quantitative estimate of drug-likeness (QED) is 0.595. The molecule has 2 aliphatic rings. The van der Waals surface area contributed by atoms with Crippen molar-refractivity contribution in [1.29, 1.82) is 5.26 Å². The van der Waals surface area contributed by atoms with Crippen LogP contribution < -0.4 is 20.4 Å². The predicted molar refractivity (Wildman–Crippen MR) is 110 cm³/mol. The van der Waals surface area contributed by atoms with Gasteiger partial charge in [-0.3, -0.25) is 9.59 Å². The number of likely N-dealkylation sites (N-methyl/N-ethyl adjacent to an activating group) is 1. The first-order chi connectivity index (χ1) is 14.0. The minimum Gasteiger partial charge on any atom is -0.378 e. The summed E-state index contributed by atoms with van der Waals surface area (Å²) in [6, 6.07) is 10.0. The Labute approximate surface area is 171 Å². The number of amides is 2. The van der Waals surface area contributed by atoms with Crippen molar-refractivity contribution in [2.45, 2.75) is 31.2 Å². The van der Waals surface area contributed by atoms with E-state index in [2.05, 4.69) is 21.6 Å². The Bertz CT molecular complexity index is 747. The number of nitrogens with zero attached hydrogens (tertiary/aromatic N) is 2. The average molecular weight is 401 g/mol. The number of quaternary nitrogens is 1. The molecule has 3 N–H and O–H groups in total. The number of hydrogen-bond acceptors (Lipinski definition) is 5. The minimum atomic E-state index is -0.720. The summed E-state index contributed by atoms with van der Waals surface area (Å²) in [5, 5.41) is 15.1. The van der Waals surface area contributed by atoms with Crippen LogP contribution in [-0.4, -0.2) is 63.8 Å². The van der Waals surface area contributed by atoms with E-state index in [1.54, 1.807) is 7.05 Å². The highest BCUT2D eigenvalue weighted by Gasteiger charge is 2.36. The molecule has 1 aliphatic heterocycles. The lowest BCUT2D eigenvalue weighted by Gasteiger charge is -2.28. The van der Waals surface area contributed by atoms with E-state index >= 15 is 0 Å². The number of hydrogen-bond donors (Lipinski definition) is 3. The topological polar surface area (TPSA) is 98.9 Å². The normalized spacial score (nSPS) is 19.2. The molecular formula is C21H30N5O3+. The van der Waals surface area contributed by atoms with Crippen LogP contribution in [0.3, 0.4) is 0 Å². The van der Waals surface area contributed by atoms with Crippen LogP contribution in [0.5, 0.6) is 0 Å². The van der Waals surface area contributed by atoms with Gasteiger partial charge in [0.2, 0.25) is 0 Å². The van der Waals surface area contributed by atoms with Crippen molar-refractivity contribution < 1.29 is 19.2 Å². The van der Waals surface area contributed by atoms with Gasteiger partial charge in [-0.25, -0.2) is 0 Å².